The molecule has 2 aromatic carbocycles. The number of carbonyl (C=O) groups excluding carboxylic acids is 1. The summed E-state index contributed by atoms with van der Waals surface area (Å²) in [4.78, 5) is 12.5. The van der Waals surface area contributed by atoms with E-state index >= 15 is 0 Å². The van der Waals surface area contributed by atoms with Crippen molar-refractivity contribution < 1.29 is 17.9 Å². The zero-order valence-corrected chi connectivity index (χ0v) is 16.5. The average Bonchev–Trinajstić information content (AvgIpc) is 2.96. The molecule has 0 spiro atoms. The van der Waals surface area contributed by atoms with Crippen LogP contribution in [0.3, 0.4) is 0 Å². The first-order valence-corrected chi connectivity index (χ1v) is 10.6. The second kappa shape index (κ2) is 7.70. The number of nitrogens with one attached hydrogen (secondary N) is 1. The molecule has 1 N–H and O–H groups in total. The van der Waals surface area contributed by atoms with Gasteiger partial charge in [0.25, 0.3) is 5.91 Å². The Morgan fingerprint density at radius 2 is 1.85 bits per heavy atom. The van der Waals surface area contributed by atoms with Crippen molar-refractivity contribution in [1.29, 1.82) is 0 Å². The smallest absolute Gasteiger partial charge is 0.251 e. The van der Waals surface area contributed by atoms with E-state index in [0.29, 0.717) is 30.8 Å². The van der Waals surface area contributed by atoms with E-state index in [2.05, 4.69) is 5.32 Å². The minimum Gasteiger partial charge on any atom is -0.380 e. The van der Waals surface area contributed by atoms with E-state index in [1.165, 1.54) is 10.6 Å². The van der Waals surface area contributed by atoms with Crippen LogP contribution in [0.15, 0.2) is 42.5 Å². The maximum atomic E-state index is 12.5. The molecule has 1 amide bonds. The summed E-state index contributed by atoms with van der Waals surface area (Å²) in [5.41, 5.74) is 4.16. The fourth-order valence-electron chi connectivity index (χ4n) is 3.45. The van der Waals surface area contributed by atoms with E-state index in [0.717, 1.165) is 16.7 Å². The van der Waals surface area contributed by atoms with Crippen molar-refractivity contribution in [2.75, 3.05) is 17.7 Å². The maximum absolute atomic E-state index is 12.5. The van der Waals surface area contributed by atoms with Gasteiger partial charge in [0.1, 0.15) is 0 Å². The maximum Gasteiger partial charge on any atom is 0.251 e. The number of rotatable bonds is 6. The molecule has 6 nitrogen and oxygen atoms in total. The minimum absolute atomic E-state index is 0.140. The molecule has 0 aliphatic carbocycles. The molecule has 1 aliphatic heterocycles. The molecule has 0 saturated heterocycles. The van der Waals surface area contributed by atoms with Crippen LogP contribution in [0.25, 0.3) is 0 Å². The molecular formula is C20H24N2O4S. The summed E-state index contributed by atoms with van der Waals surface area (Å²) in [5, 5.41) is 2.91. The fraction of sp³-hybridized carbons (Fsp3) is 0.350. The Bertz CT molecular complexity index is 939. The van der Waals surface area contributed by atoms with Crippen molar-refractivity contribution in [3.05, 3.63) is 64.7 Å². The second-order valence-corrected chi connectivity index (χ2v) is 8.75. The number of amides is 1. The van der Waals surface area contributed by atoms with Crippen LogP contribution in [0.2, 0.25) is 0 Å². The monoisotopic (exact) mass is 388 g/mol. The second-order valence-electron chi connectivity index (χ2n) is 6.89. The lowest BCUT2D eigenvalue weighted by atomic mass is 10.1. The lowest BCUT2D eigenvalue weighted by molar-refractivity contribution is 0.0951. The van der Waals surface area contributed by atoms with Crippen molar-refractivity contribution in [1.82, 2.24) is 5.32 Å². The van der Waals surface area contributed by atoms with Crippen LogP contribution >= 0.6 is 0 Å². The van der Waals surface area contributed by atoms with Gasteiger partial charge in [-0.25, -0.2) is 8.42 Å². The zero-order valence-electron chi connectivity index (χ0n) is 15.7. The van der Waals surface area contributed by atoms with E-state index in [1.807, 2.05) is 31.2 Å². The molecule has 1 aliphatic rings. The van der Waals surface area contributed by atoms with E-state index < -0.39 is 10.0 Å². The summed E-state index contributed by atoms with van der Waals surface area (Å²) in [6.45, 7) is 2.85. The molecule has 7 heteroatoms. The summed E-state index contributed by atoms with van der Waals surface area (Å²) in [6, 6.07) is 12.9. The highest BCUT2D eigenvalue weighted by molar-refractivity contribution is 7.92. The van der Waals surface area contributed by atoms with E-state index in [1.54, 1.807) is 25.3 Å². The summed E-state index contributed by atoms with van der Waals surface area (Å²) >= 11 is 0. The van der Waals surface area contributed by atoms with Crippen molar-refractivity contribution >= 4 is 21.6 Å². The van der Waals surface area contributed by atoms with E-state index in [4.69, 9.17) is 4.74 Å². The molecule has 1 atom stereocenters. The number of carbonyl (C=O) groups is 1. The highest BCUT2D eigenvalue weighted by Gasteiger charge is 2.32. The Kier molecular flexibility index (Phi) is 5.53. The first kappa shape index (κ1) is 19.4. The predicted octanol–water partition coefficient (Wildman–Crippen LogP) is 2.47. The molecular weight excluding hydrogens is 364 g/mol. The number of nitrogens with zero attached hydrogens (tertiary/aromatic N) is 1. The quantitative estimate of drug-likeness (QED) is 0.825. The largest absolute Gasteiger partial charge is 0.380 e. The summed E-state index contributed by atoms with van der Waals surface area (Å²) in [6.07, 6.45) is 1.81. The van der Waals surface area contributed by atoms with Crippen molar-refractivity contribution in [2.24, 2.45) is 0 Å². The fourth-order valence-corrected chi connectivity index (χ4v) is 4.72. The molecule has 0 saturated carbocycles. The third-order valence-corrected chi connectivity index (χ3v) is 5.91. The Morgan fingerprint density at radius 1 is 1.19 bits per heavy atom. The van der Waals surface area contributed by atoms with Crippen LogP contribution < -0.4 is 9.62 Å². The Labute approximate surface area is 160 Å². The van der Waals surface area contributed by atoms with Gasteiger partial charge in [-0.1, -0.05) is 24.3 Å². The highest BCUT2D eigenvalue weighted by Crippen LogP contribution is 2.34. The van der Waals surface area contributed by atoms with Crippen LogP contribution in [0.1, 0.15) is 34.0 Å². The lowest BCUT2D eigenvalue weighted by Gasteiger charge is -2.21. The number of benzene rings is 2. The molecule has 0 fully saturated rings. The Morgan fingerprint density at radius 3 is 2.48 bits per heavy atom. The number of ether oxygens (including phenoxy) is 1. The van der Waals surface area contributed by atoms with Gasteiger partial charge in [-0.05, 0) is 48.2 Å². The Balaban J connectivity index is 1.69. The highest BCUT2D eigenvalue weighted by atomic mass is 32.2. The first-order chi connectivity index (χ1) is 12.8. The number of sulfonamides is 1. The molecule has 2 aromatic rings. The molecule has 0 bridgehead atoms. The SMILES string of the molecule is COCc1ccc(CNC(=O)c2ccc3c(c2)CC(C)N3S(C)(=O)=O)cc1. The van der Waals surface area contributed by atoms with Gasteiger partial charge in [0.2, 0.25) is 10.0 Å². The van der Waals surface area contributed by atoms with Crippen LogP contribution in [-0.2, 0) is 34.3 Å². The van der Waals surface area contributed by atoms with Gasteiger partial charge >= 0.3 is 0 Å². The minimum atomic E-state index is -3.33. The molecule has 1 heterocycles. The molecule has 0 radical (unpaired) electrons. The number of hydrogen-bond acceptors (Lipinski definition) is 4. The van der Waals surface area contributed by atoms with Gasteiger partial charge in [-0.2, -0.15) is 0 Å². The van der Waals surface area contributed by atoms with Gasteiger partial charge in [-0.15, -0.1) is 0 Å². The summed E-state index contributed by atoms with van der Waals surface area (Å²) < 4.78 is 30.5. The van der Waals surface area contributed by atoms with Crippen molar-refractivity contribution in [3.8, 4) is 0 Å². The normalized spacial score (nSPS) is 16.3. The molecule has 27 heavy (non-hydrogen) atoms. The van der Waals surface area contributed by atoms with Crippen LogP contribution in [0, 0.1) is 0 Å². The van der Waals surface area contributed by atoms with Crippen LogP contribution in [-0.4, -0.2) is 33.7 Å². The van der Waals surface area contributed by atoms with Crippen LogP contribution in [0.5, 0.6) is 0 Å². The van der Waals surface area contributed by atoms with Crippen LogP contribution in [0.4, 0.5) is 5.69 Å². The number of methoxy groups -OCH3 is 1. The van der Waals surface area contributed by atoms with E-state index in [9.17, 15) is 13.2 Å². The number of anilines is 1. The topological polar surface area (TPSA) is 75.7 Å². The number of hydrogen-bond donors (Lipinski definition) is 1. The van der Waals surface area contributed by atoms with E-state index in [-0.39, 0.29) is 11.9 Å². The van der Waals surface area contributed by atoms with Gasteiger partial charge in [-0.3, -0.25) is 9.10 Å². The Hall–Kier alpha value is -2.38. The first-order valence-electron chi connectivity index (χ1n) is 8.77. The molecule has 3 rings (SSSR count). The average molecular weight is 388 g/mol. The third-order valence-electron chi connectivity index (χ3n) is 4.64. The standard InChI is InChI=1S/C20H24N2O4S/c1-14-10-18-11-17(8-9-19(18)22(14)27(3,24)25)20(23)21-12-15-4-6-16(7-5-15)13-26-2/h4-9,11,14H,10,12-13H2,1-3H3,(H,21,23). The number of fused-ring (bicyclic) bond motifs is 1. The van der Waals surface area contributed by atoms with Gasteiger partial charge < -0.3 is 10.1 Å². The van der Waals surface area contributed by atoms with Gasteiger partial charge in [0, 0.05) is 25.3 Å². The van der Waals surface area contributed by atoms with Gasteiger partial charge in [0.15, 0.2) is 0 Å². The zero-order chi connectivity index (χ0) is 19.6. The van der Waals surface area contributed by atoms with Crippen molar-refractivity contribution in [3.63, 3.8) is 0 Å². The van der Waals surface area contributed by atoms with Gasteiger partial charge in [0.05, 0.1) is 18.6 Å². The predicted molar refractivity (Wildman–Crippen MR) is 105 cm³/mol. The summed E-state index contributed by atoms with van der Waals surface area (Å²) in [7, 11) is -1.68. The molecule has 144 valence electrons. The lowest BCUT2D eigenvalue weighted by Crippen LogP contribution is -2.34. The molecule has 0 aromatic heterocycles. The van der Waals surface area contributed by atoms with Crippen molar-refractivity contribution in [2.45, 2.75) is 32.5 Å². The summed E-state index contributed by atoms with van der Waals surface area (Å²) in [5.74, 6) is -0.177. The third kappa shape index (κ3) is 4.31. The molecule has 1 unspecified atom stereocenters.